The summed E-state index contributed by atoms with van der Waals surface area (Å²) in [6.45, 7) is 2.69. The third kappa shape index (κ3) is 4.50. The lowest BCUT2D eigenvalue weighted by Crippen LogP contribution is -2.50. The van der Waals surface area contributed by atoms with Gasteiger partial charge in [-0.3, -0.25) is 9.48 Å². The normalized spacial score (nSPS) is 14.0. The maximum Gasteiger partial charge on any atom is 0.260 e. The summed E-state index contributed by atoms with van der Waals surface area (Å²) < 4.78 is 7.70. The van der Waals surface area contributed by atoms with Crippen LogP contribution in [0.3, 0.4) is 0 Å². The first kappa shape index (κ1) is 20.9. The number of carbonyl (C=O) groups is 1. The number of amides is 1. The molecule has 1 aliphatic rings. The molecule has 3 heterocycles. The molecule has 8 nitrogen and oxygen atoms in total. The van der Waals surface area contributed by atoms with Crippen molar-refractivity contribution >= 4 is 22.8 Å². The van der Waals surface area contributed by atoms with Gasteiger partial charge < -0.3 is 14.5 Å². The first-order chi connectivity index (χ1) is 16.2. The Labute approximate surface area is 192 Å². The smallest absolute Gasteiger partial charge is 0.260 e. The number of para-hydroxylation sites is 1. The van der Waals surface area contributed by atoms with Crippen LogP contribution in [0.4, 0.5) is 5.82 Å². The summed E-state index contributed by atoms with van der Waals surface area (Å²) >= 11 is 0. The van der Waals surface area contributed by atoms with Crippen LogP contribution in [0, 0.1) is 0 Å². The number of fused-ring (bicyclic) bond motifs is 1. The van der Waals surface area contributed by atoms with Crippen LogP contribution in [-0.4, -0.2) is 63.3 Å². The summed E-state index contributed by atoms with van der Waals surface area (Å²) in [6.07, 6.45) is 4.13. The maximum absolute atomic E-state index is 12.8. The van der Waals surface area contributed by atoms with Crippen molar-refractivity contribution in [3.8, 4) is 5.75 Å². The molecular formula is C25H26N6O2. The number of piperazine rings is 1. The second-order valence-electron chi connectivity index (χ2n) is 8.13. The summed E-state index contributed by atoms with van der Waals surface area (Å²) in [5, 5.41) is 5.22. The highest BCUT2D eigenvalue weighted by atomic mass is 16.5. The molecule has 168 valence electrons. The number of ether oxygens (including phenoxy) is 1. The topological polar surface area (TPSA) is 76.4 Å². The zero-order chi connectivity index (χ0) is 22.6. The molecule has 0 N–H and O–H groups in total. The summed E-state index contributed by atoms with van der Waals surface area (Å²) in [6, 6.07) is 18.2. The zero-order valence-electron chi connectivity index (χ0n) is 18.6. The van der Waals surface area contributed by atoms with Crippen molar-refractivity contribution in [3.63, 3.8) is 0 Å². The lowest BCUT2D eigenvalue weighted by atomic mass is 10.0. The fourth-order valence-corrected chi connectivity index (χ4v) is 4.21. The van der Waals surface area contributed by atoms with Gasteiger partial charge in [-0.1, -0.05) is 48.5 Å². The molecular weight excluding hydrogens is 416 g/mol. The summed E-state index contributed by atoms with van der Waals surface area (Å²) in [5.41, 5.74) is 3.09. The Bertz CT molecular complexity index is 1250. The van der Waals surface area contributed by atoms with Gasteiger partial charge in [0.2, 0.25) is 0 Å². The minimum absolute atomic E-state index is 0.00150. The van der Waals surface area contributed by atoms with E-state index in [1.807, 2.05) is 54.4 Å². The molecule has 4 aromatic rings. The van der Waals surface area contributed by atoms with Gasteiger partial charge in [0.1, 0.15) is 17.9 Å². The standard InChI is InChI=1S/C25H26N6O2/c1-29-24-21(16-28-29)25(27-18-26-24)31-13-11-30(12-14-31)23(32)17-33-22-10-6-5-9-20(22)15-19-7-3-2-4-8-19/h2-10,16,18H,11-15,17H2,1H3. The molecule has 33 heavy (non-hydrogen) atoms. The molecule has 5 rings (SSSR count). The minimum Gasteiger partial charge on any atom is -0.483 e. The average molecular weight is 443 g/mol. The Hall–Kier alpha value is -3.94. The largest absolute Gasteiger partial charge is 0.483 e. The molecule has 1 aliphatic heterocycles. The highest BCUT2D eigenvalue weighted by Crippen LogP contribution is 2.24. The summed E-state index contributed by atoms with van der Waals surface area (Å²) in [4.78, 5) is 25.7. The van der Waals surface area contributed by atoms with Gasteiger partial charge in [0.15, 0.2) is 12.3 Å². The Kier molecular flexibility index (Phi) is 5.89. The highest BCUT2D eigenvalue weighted by molar-refractivity contribution is 5.86. The predicted octanol–water partition coefficient (Wildman–Crippen LogP) is 2.68. The number of nitrogens with zero attached hydrogens (tertiary/aromatic N) is 6. The predicted molar refractivity (Wildman–Crippen MR) is 126 cm³/mol. The van der Waals surface area contributed by atoms with Crippen molar-refractivity contribution in [2.45, 2.75) is 6.42 Å². The van der Waals surface area contributed by atoms with E-state index in [2.05, 4.69) is 32.1 Å². The number of anilines is 1. The average Bonchev–Trinajstić information content (AvgIpc) is 3.25. The number of hydrogen-bond acceptors (Lipinski definition) is 6. The van der Waals surface area contributed by atoms with E-state index in [4.69, 9.17) is 4.74 Å². The number of aryl methyl sites for hydroxylation is 1. The molecule has 0 aliphatic carbocycles. The minimum atomic E-state index is -0.00150. The van der Waals surface area contributed by atoms with Gasteiger partial charge in [0, 0.05) is 39.6 Å². The van der Waals surface area contributed by atoms with Gasteiger partial charge in [-0.05, 0) is 17.2 Å². The Morgan fingerprint density at radius 3 is 2.55 bits per heavy atom. The number of hydrogen-bond donors (Lipinski definition) is 0. The van der Waals surface area contributed by atoms with Crippen LogP contribution < -0.4 is 9.64 Å². The highest BCUT2D eigenvalue weighted by Gasteiger charge is 2.24. The van der Waals surface area contributed by atoms with E-state index in [1.165, 1.54) is 5.56 Å². The van der Waals surface area contributed by atoms with Crippen molar-refractivity contribution in [2.24, 2.45) is 7.05 Å². The van der Waals surface area contributed by atoms with E-state index in [-0.39, 0.29) is 12.5 Å². The first-order valence-electron chi connectivity index (χ1n) is 11.1. The second kappa shape index (κ2) is 9.28. The first-order valence-corrected chi connectivity index (χ1v) is 11.1. The van der Waals surface area contributed by atoms with Gasteiger partial charge in [0.05, 0.1) is 11.6 Å². The Morgan fingerprint density at radius 2 is 1.73 bits per heavy atom. The van der Waals surface area contributed by atoms with Crippen LogP contribution in [-0.2, 0) is 18.3 Å². The molecule has 1 fully saturated rings. The molecule has 2 aromatic carbocycles. The van der Waals surface area contributed by atoms with Gasteiger partial charge in [0.25, 0.3) is 5.91 Å². The SMILES string of the molecule is Cn1ncc2c(N3CCN(C(=O)COc4ccccc4Cc4ccccc4)CC3)ncnc21. The summed E-state index contributed by atoms with van der Waals surface area (Å²) in [7, 11) is 1.87. The van der Waals surface area contributed by atoms with E-state index >= 15 is 0 Å². The maximum atomic E-state index is 12.8. The molecule has 0 atom stereocenters. The van der Waals surface area contributed by atoms with Crippen LogP contribution in [0.2, 0.25) is 0 Å². The monoisotopic (exact) mass is 442 g/mol. The molecule has 0 spiro atoms. The summed E-state index contributed by atoms with van der Waals surface area (Å²) in [5.74, 6) is 1.62. The third-order valence-electron chi connectivity index (χ3n) is 6.00. The van der Waals surface area contributed by atoms with Crippen LogP contribution in [0.15, 0.2) is 67.1 Å². The lowest BCUT2D eigenvalue weighted by Gasteiger charge is -2.35. The fourth-order valence-electron chi connectivity index (χ4n) is 4.21. The van der Waals surface area contributed by atoms with E-state index in [0.29, 0.717) is 26.2 Å². The van der Waals surface area contributed by atoms with E-state index < -0.39 is 0 Å². The van der Waals surface area contributed by atoms with Gasteiger partial charge in [-0.2, -0.15) is 5.10 Å². The number of rotatable bonds is 6. The number of aromatic nitrogens is 4. The van der Waals surface area contributed by atoms with Crippen LogP contribution in [0.5, 0.6) is 5.75 Å². The van der Waals surface area contributed by atoms with E-state index in [9.17, 15) is 4.79 Å². The third-order valence-corrected chi connectivity index (χ3v) is 6.00. The number of benzene rings is 2. The van der Waals surface area contributed by atoms with Crippen molar-refractivity contribution in [1.82, 2.24) is 24.6 Å². The molecule has 0 unspecified atom stereocenters. The van der Waals surface area contributed by atoms with Crippen molar-refractivity contribution < 1.29 is 9.53 Å². The molecule has 0 radical (unpaired) electrons. The van der Waals surface area contributed by atoms with Gasteiger partial charge >= 0.3 is 0 Å². The van der Waals surface area contributed by atoms with Crippen molar-refractivity contribution in [2.75, 3.05) is 37.7 Å². The van der Waals surface area contributed by atoms with E-state index in [1.54, 1.807) is 17.2 Å². The van der Waals surface area contributed by atoms with E-state index in [0.717, 1.165) is 34.6 Å². The second-order valence-corrected chi connectivity index (χ2v) is 8.13. The Balaban J connectivity index is 1.19. The molecule has 0 saturated carbocycles. The van der Waals surface area contributed by atoms with Gasteiger partial charge in [-0.15, -0.1) is 0 Å². The van der Waals surface area contributed by atoms with Gasteiger partial charge in [-0.25, -0.2) is 9.97 Å². The molecule has 1 amide bonds. The quantitative estimate of drug-likeness (QED) is 0.457. The van der Waals surface area contributed by atoms with Crippen LogP contribution in [0.1, 0.15) is 11.1 Å². The van der Waals surface area contributed by atoms with Crippen LogP contribution >= 0.6 is 0 Å². The number of carbonyl (C=O) groups excluding carboxylic acids is 1. The molecule has 0 bridgehead atoms. The molecule has 8 heteroatoms. The Morgan fingerprint density at radius 1 is 0.970 bits per heavy atom. The van der Waals surface area contributed by atoms with Crippen molar-refractivity contribution in [3.05, 3.63) is 78.2 Å². The fraction of sp³-hybridized carbons (Fsp3) is 0.280. The lowest BCUT2D eigenvalue weighted by molar-refractivity contribution is -0.133. The zero-order valence-corrected chi connectivity index (χ0v) is 18.6. The van der Waals surface area contributed by atoms with Crippen molar-refractivity contribution in [1.29, 1.82) is 0 Å². The molecule has 1 saturated heterocycles. The molecule has 2 aromatic heterocycles. The van der Waals surface area contributed by atoms with Crippen LogP contribution in [0.25, 0.3) is 11.0 Å².